The Morgan fingerprint density at radius 3 is 2.73 bits per heavy atom. The molecule has 0 aliphatic carbocycles. The minimum absolute atomic E-state index is 0.139. The summed E-state index contributed by atoms with van der Waals surface area (Å²) in [7, 11) is 0. The van der Waals surface area contributed by atoms with Crippen molar-refractivity contribution in [1.29, 1.82) is 0 Å². The highest BCUT2D eigenvalue weighted by molar-refractivity contribution is 7.99. The Morgan fingerprint density at radius 2 is 1.97 bits per heavy atom. The first-order chi connectivity index (χ1) is 14.6. The number of fused-ring (bicyclic) bond motifs is 1. The van der Waals surface area contributed by atoms with Crippen molar-refractivity contribution in [2.24, 2.45) is 0 Å². The van der Waals surface area contributed by atoms with Gasteiger partial charge in [-0.05, 0) is 61.5 Å². The van der Waals surface area contributed by atoms with Gasteiger partial charge in [0.25, 0.3) is 0 Å². The van der Waals surface area contributed by atoms with Gasteiger partial charge in [0.1, 0.15) is 10.8 Å². The average molecular weight is 440 g/mol. The first-order valence-corrected chi connectivity index (χ1v) is 10.6. The van der Waals surface area contributed by atoms with Crippen LogP contribution >= 0.6 is 23.4 Å². The van der Waals surface area contributed by atoms with Crippen molar-refractivity contribution >= 4 is 40.6 Å². The van der Waals surface area contributed by atoms with Crippen LogP contribution in [0.1, 0.15) is 6.92 Å². The number of anilines is 1. The van der Waals surface area contributed by atoms with Gasteiger partial charge in [-0.2, -0.15) is 9.61 Å². The van der Waals surface area contributed by atoms with E-state index in [1.165, 1.54) is 11.8 Å². The van der Waals surface area contributed by atoms with Crippen molar-refractivity contribution in [3.05, 3.63) is 65.7 Å². The monoisotopic (exact) mass is 439 g/mol. The second-order valence-electron chi connectivity index (χ2n) is 6.27. The average Bonchev–Trinajstić information content (AvgIpc) is 3.16. The molecule has 1 amide bonds. The lowest BCUT2D eigenvalue weighted by Crippen LogP contribution is -2.14. The number of carbonyl (C=O) groups excluding carboxylic acids is 1. The molecule has 2 aromatic carbocycles. The maximum Gasteiger partial charge on any atom is 0.234 e. The summed E-state index contributed by atoms with van der Waals surface area (Å²) in [6.45, 7) is 2.55. The predicted octanol–water partition coefficient (Wildman–Crippen LogP) is 4.57. The molecule has 2 heterocycles. The number of halogens is 1. The molecule has 4 rings (SSSR count). The third-order valence-corrected chi connectivity index (χ3v) is 5.28. The van der Waals surface area contributed by atoms with Crippen molar-refractivity contribution in [1.82, 2.24) is 19.8 Å². The molecule has 0 radical (unpaired) electrons. The summed E-state index contributed by atoms with van der Waals surface area (Å²) in [5.74, 6) is 1.49. The van der Waals surface area contributed by atoms with E-state index in [0.29, 0.717) is 33.8 Å². The zero-order chi connectivity index (χ0) is 20.9. The number of nitrogens with zero attached hydrogens (tertiary/aromatic N) is 4. The second-order valence-corrected chi connectivity index (χ2v) is 7.70. The zero-order valence-corrected chi connectivity index (χ0v) is 17.7. The fourth-order valence-corrected chi connectivity index (χ4v) is 3.64. The van der Waals surface area contributed by atoms with Crippen LogP contribution in [0, 0.1) is 0 Å². The molecule has 0 fully saturated rings. The minimum Gasteiger partial charge on any atom is -0.494 e. The number of nitrogens with one attached hydrogen (secondary N) is 1. The molecule has 0 aliphatic rings. The van der Waals surface area contributed by atoms with Crippen LogP contribution in [0.25, 0.3) is 17.0 Å². The molecule has 0 bridgehead atoms. The van der Waals surface area contributed by atoms with E-state index in [1.54, 1.807) is 28.8 Å². The lowest BCUT2D eigenvalue weighted by atomic mass is 10.2. The molecule has 2 aromatic heterocycles. The third-order valence-electron chi connectivity index (χ3n) is 4.12. The van der Waals surface area contributed by atoms with Crippen molar-refractivity contribution in [2.45, 2.75) is 11.9 Å². The van der Waals surface area contributed by atoms with Crippen LogP contribution in [0.2, 0.25) is 5.02 Å². The van der Waals surface area contributed by atoms with E-state index >= 15 is 0 Å². The van der Waals surface area contributed by atoms with Gasteiger partial charge in [0, 0.05) is 16.3 Å². The molecule has 152 valence electrons. The summed E-state index contributed by atoms with van der Waals surface area (Å²) in [5.41, 5.74) is 2.17. The highest BCUT2D eigenvalue weighted by Crippen LogP contribution is 2.23. The molecule has 0 saturated heterocycles. The van der Waals surface area contributed by atoms with Gasteiger partial charge in [-0.15, -0.1) is 10.2 Å². The van der Waals surface area contributed by atoms with Gasteiger partial charge < -0.3 is 10.1 Å². The largest absolute Gasteiger partial charge is 0.494 e. The lowest BCUT2D eigenvalue weighted by molar-refractivity contribution is -0.113. The third kappa shape index (κ3) is 4.72. The highest BCUT2D eigenvalue weighted by atomic mass is 35.5. The van der Waals surface area contributed by atoms with E-state index in [2.05, 4.69) is 20.6 Å². The number of carbonyl (C=O) groups is 1. The summed E-state index contributed by atoms with van der Waals surface area (Å²) in [4.78, 5) is 12.2. The van der Waals surface area contributed by atoms with Crippen molar-refractivity contribution in [3.63, 3.8) is 0 Å². The Hall–Kier alpha value is -3.10. The molecule has 7 nitrogen and oxygen atoms in total. The van der Waals surface area contributed by atoms with Crippen molar-refractivity contribution < 1.29 is 9.53 Å². The Bertz CT molecular complexity index is 1180. The van der Waals surface area contributed by atoms with Crippen molar-refractivity contribution in [2.75, 3.05) is 17.7 Å². The molecule has 4 aromatic rings. The molecule has 0 unspecified atom stereocenters. The van der Waals surface area contributed by atoms with Gasteiger partial charge >= 0.3 is 0 Å². The van der Waals surface area contributed by atoms with Gasteiger partial charge in [0.05, 0.1) is 12.4 Å². The van der Waals surface area contributed by atoms with Gasteiger partial charge in [-0.3, -0.25) is 4.79 Å². The zero-order valence-electron chi connectivity index (χ0n) is 16.1. The van der Waals surface area contributed by atoms with Crippen LogP contribution in [-0.2, 0) is 4.79 Å². The minimum atomic E-state index is -0.139. The number of rotatable bonds is 7. The normalized spacial score (nSPS) is 10.9. The van der Waals surface area contributed by atoms with Crippen molar-refractivity contribution in [3.8, 4) is 17.1 Å². The molecular formula is C21H18ClN5O2S. The molecule has 9 heteroatoms. The van der Waals surface area contributed by atoms with E-state index in [9.17, 15) is 4.79 Å². The summed E-state index contributed by atoms with van der Waals surface area (Å²) >= 11 is 7.28. The second kappa shape index (κ2) is 9.15. The molecular weight excluding hydrogens is 422 g/mol. The van der Waals surface area contributed by atoms with Crippen LogP contribution in [-0.4, -0.2) is 38.1 Å². The Kier molecular flexibility index (Phi) is 6.15. The molecule has 30 heavy (non-hydrogen) atoms. The topological polar surface area (TPSA) is 81.4 Å². The smallest absolute Gasteiger partial charge is 0.234 e. The van der Waals surface area contributed by atoms with E-state index in [1.807, 2.05) is 43.3 Å². The summed E-state index contributed by atoms with van der Waals surface area (Å²) in [6.07, 6.45) is 0. The Balaban J connectivity index is 1.47. The van der Waals surface area contributed by atoms with Gasteiger partial charge in [-0.25, -0.2) is 0 Å². The highest BCUT2D eigenvalue weighted by Gasteiger charge is 2.12. The summed E-state index contributed by atoms with van der Waals surface area (Å²) in [5, 5.41) is 17.1. The number of ether oxygens (including phenoxy) is 1. The number of amides is 1. The molecule has 0 spiro atoms. The van der Waals surface area contributed by atoms with Gasteiger partial charge in [0.2, 0.25) is 5.91 Å². The number of aromatic nitrogens is 4. The number of thioether (sulfide) groups is 1. The van der Waals surface area contributed by atoms with E-state index < -0.39 is 0 Å². The van der Waals surface area contributed by atoms with E-state index in [0.717, 1.165) is 11.3 Å². The number of hydrogen-bond acceptors (Lipinski definition) is 6. The van der Waals surface area contributed by atoms with Crippen LogP contribution in [0.4, 0.5) is 5.69 Å². The fourth-order valence-electron chi connectivity index (χ4n) is 2.80. The quantitative estimate of drug-likeness (QED) is 0.425. The van der Waals surface area contributed by atoms with Crippen LogP contribution < -0.4 is 10.1 Å². The first-order valence-electron chi connectivity index (χ1n) is 9.26. The van der Waals surface area contributed by atoms with Gasteiger partial charge in [-0.1, -0.05) is 29.4 Å². The number of benzene rings is 2. The van der Waals surface area contributed by atoms with Crippen LogP contribution in [0.3, 0.4) is 0 Å². The van der Waals surface area contributed by atoms with E-state index in [4.69, 9.17) is 16.3 Å². The molecule has 0 atom stereocenters. The summed E-state index contributed by atoms with van der Waals surface area (Å²) < 4.78 is 7.15. The maximum atomic E-state index is 12.2. The molecule has 0 aliphatic heterocycles. The standard InChI is InChI=1S/C21H18ClN5O2S/c1-2-29-17-8-6-14(7-9-17)21-25-24-18-10-11-20(26-27(18)21)30-13-19(28)23-16-5-3-4-15(22)12-16/h3-12H,2,13H2,1H3,(H,23,28). The fraction of sp³-hybridized carbons (Fsp3) is 0.143. The van der Waals surface area contributed by atoms with Crippen LogP contribution in [0.5, 0.6) is 5.75 Å². The molecule has 1 N–H and O–H groups in total. The predicted molar refractivity (Wildman–Crippen MR) is 118 cm³/mol. The van der Waals surface area contributed by atoms with Crippen LogP contribution in [0.15, 0.2) is 65.7 Å². The Morgan fingerprint density at radius 1 is 1.13 bits per heavy atom. The lowest BCUT2D eigenvalue weighted by Gasteiger charge is -2.06. The first kappa shape index (κ1) is 20.2. The molecule has 0 saturated carbocycles. The van der Waals surface area contributed by atoms with Gasteiger partial charge in [0.15, 0.2) is 11.5 Å². The Labute approximate surface area is 182 Å². The maximum absolute atomic E-state index is 12.2. The SMILES string of the molecule is CCOc1ccc(-c2nnc3ccc(SCC(=O)Nc4cccc(Cl)c4)nn23)cc1. The number of hydrogen-bond donors (Lipinski definition) is 1. The summed E-state index contributed by atoms with van der Waals surface area (Å²) in [6, 6.07) is 18.3. The van der Waals surface area contributed by atoms with E-state index in [-0.39, 0.29) is 11.7 Å².